The third-order valence-corrected chi connectivity index (χ3v) is 4.44. The average Bonchev–Trinajstić information content (AvgIpc) is 2.57. The van der Waals surface area contributed by atoms with E-state index in [4.69, 9.17) is 4.74 Å². The van der Waals surface area contributed by atoms with Crippen LogP contribution in [-0.2, 0) is 11.2 Å². The molecule has 0 amide bonds. The van der Waals surface area contributed by atoms with Crippen LogP contribution in [-0.4, -0.2) is 12.4 Å². The van der Waals surface area contributed by atoms with Gasteiger partial charge in [-0.25, -0.2) is 4.39 Å². The van der Waals surface area contributed by atoms with Crippen LogP contribution in [0.5, 0.6) is 5.75 Å². The summed E-state index contributed by atoms with van der Waals surface area (Å²) in [6.07, 6.45) is 8.15. The van der Waals surface area contributed by atoms with Crippen LogP contribution in [0.25, 0.3) is 0 Å². The summed E-state index contributed by atoms with van der Waals surface area (Å²) in [6, 6.07) is 5.38. The molecule has 0 N–H and O–H groups in total. The predicted octanol–water partition coefficient (Wildman–Crippen LogP) is 6.11. The molecule has 1 rings (SSSR count). The maximum Gasteiger partial charge on any atom is 0.168 e. The van der Waals surface area contributed by atoms with Crippen molar-refractivity contribution in [1.29, 1.82) is 0 Å². The molecule has 1 aromatic carbocycles. The van der Waals surface area contributed by atoms with Gasteiger partial charge in [-0.2, -0.15) is 0 Å². The highest BCUT2D eigenvalue weighted by atomic mass is 19.1. The lowest BCUT2D eigenvalue weighted by atomic mass is 9.96. The second kappa shape index (κ2) is 12.0. The SMILES string of the molecule is CCCCOc1cccc(CCCCCC(=O)C(C)CCC)c1F. The number of rotatable bonds is 13. The minimum absolute atomic E-state index is 0.185. The summed E-state index contributed by atoms with van der Waals surface area (Å²) >= 11 is 0. The molecular formula is C21H33FO2. The number of ketones is 1. The zero-order chi connectivity index (χ0) is 17.8. The highest BCUT2D eigenvalue weighted by Crippen LogP contribution is 2.22. The van der Waals surface area contributed by atoms with Crippen LogP contribution < -0.4 is 4.74 Å². The van der Waals surface area contributed by atoms with E-state index in [1.165, 1.54) is 0 Å². The van der Waals surface area contributed by atoms with Gasteiger partial charge in [0.15, 0.2) is 11.6 Å². The second-order valence-electron chi connectivity index (χ2n) is 6.65. The maximum absolute atomic E-state index is 14.3. The first-order chi connectivity index (χ1) is 11.6. The first kappa shape index (κ1) is 20.7. The molecule has 1 aromatic rings. The number of halogens is 1. The van der Waals surface area contributed by atoms with E-state index >= 15 is 0 Å². The van der Waals surface area contributed by atoms with Crippen LogP contribution in [0, 0.1) is 11.7 Å². The van der Waals surface area contributed by atoms with Gasteiger partial charge in [0, 0.05) is 12.3 Å². The number of ether oxygens (including phenoxy) is 1. The number of carbonyl (C=O) groups excluding carboxylic acids is 1. The second-order valence-corrected chi connectivity index (χ2v) is 6.65. The summed E-state index contributed by atoms with van der Waals surface area (Å²) in [5.74, 6) is 0.699. The highest BCUT2D eigenvalue weighted by Gasteiger charge is 2.12. The lowest BCUT2D eigenvalue weighted by Gasteiger charge is -2.10. The van der Waals surface area contributed by atoms with Crippen molar-refractivity contribution in [3.05, 3.63) is 29.6 Å². The molecule has 3 heteroatoms. The minimum atomic E-state index is -0.221. The van der Waals surface area contributed by atoms with E-state index in [0.29, 0.717) is 31.0 Å². The van der Waals surface area contributed by atoms with Crippen LogP contribution in [0.1, 0.15) is 77.7 Å². The Kier molecular flexibility index (Phi) is 10.4. The molecule has 0 aliphatic heterocycles. The van der Waals surface area contributed by atoms with Gasteiger partial charge in [-0.15, -0.1) is 0 Å². The van der Waals surface area contributed by atoms with Gasteiger partial charge in [-0.3, -0.25) is 4.79 Å². The number of Topliss-reactive ketones (excluding diaryl/α,β-unsaturated/α-hetero) is 1. The summed E-state index contributed by atoms with van der Waals surface area (Å²) < 4.78 is 19.9. The molecular weight excluding hydrogens is 303 g/mol. The molecule has 2 nitrogen and oxygen atoms in total. The van der Waals surface area contributed by atoms with Crippen LogP contribution in [0.3, 0.4) is 0 Å². The summed E-state index contributed by atoms with van der Waals surface area (Å²) in [4.78, 5) is 11.9. The Morgan fingerprint density at radius 2 is 1.92 bits per heavy atom. The normalized spacial score (nSPS) is 12.2. The summed E-state index contributed by atoms with van der Waals surface area (Å²) in [6.45, 7) is 6.78. The fourth-order valence-corrected chi connectivity index (χ4v) is 2.82. The molecule has 0 heterocycles. The van der Waals surface area contributed by atoms with E-state index in [1.54, 1.807) is 6.07 Å². The molecule has 0 aromatic heterocycles. The quantitative estimate of drug-likeness (QED) is 0.406. The number of benzene rings is 1. The number of unbranched alkanes of at least 4 members (excludes halogenated alkanes) is 3. The fourth-order valence-electron chi connectivity index (χ4n) is 2.82. The average molecular weight is 336 g/mol. The van der Waals surface area contributed by atoms with Gasteiger partial charge in [0.25, 0.3) is 0 Å². The van der Waals surface area contributed by atoms with E-state index in [0.717, 1.165) is 50.5 Å². The first-order valence-electron chi connectivity index (χ1n) is 9.53. The molecule has 0 saturated heterocycles. The van der Waals surface area contributed by atoms with E-state index in [9.17, 15) is 9.18 Å². The van der Waals surface area contributed by atoms with Gasteiger partial charge in [0.2, 0.25) is 0 Å². The molecule has 0 aliphatic carbocycles. The number of hydrogen-bond acceptors (Lipinski definition) is 2. The van der Waals surface area contributed by atoms with Gasteiger partial charge in [0.1, 0.15) is 5.78 Å². The van der Waals surface area contributed by atoms with Crippen LogP contribution in [0.2, 0.25) is 0 Å². The molecule has 0 spiro atoms. The Labute approximate surface area is 146 Å². The molecule has 0 aliphatic rings. The van der Waals surface area contributed by atoms with Crippen molar-refractivity contribution in [3.8, 4) is 5.75 Å². The third kappa shape index (κ3) is 7.46. The van der Waals surface area contributed by atoms with Gasteiger partial charge in [-0.1, -0.05) is 52.2 Å². The largest absolute Gasteiger partial charge is 0.491 e. The number of hydrogen-bond donors (Lipinski definition) is 0. The van der Waals surface area contributed by atoms with Crippen LogP contribution in [0.15, 0.2) is 18.2 Å². The Bertz CT molecular complexity index is 485. The van der Waals surface area contributed by atoms with E-state index in [-0.39, 0.29) is 11.7 Å². The maximum atomic E-state index is 14.3. The third-order valence-electron chi connectivity index (χ3n) is 4.44. The van der Waals surface area contributed by atoms with Crippen molar-refractivity contribution in [2.75, 3.05) is 6.61 Å². The topological polar surface area (TPSA) is 26.3 Å². The van der Waals surface area contributed by atoms with Crippen molar-refractivity contribution in [2.24, 2.45) is 5.92 Å². The fraction of sp³-hybridized carbons (Fsp3) is 0.667. The van der Waals surface area contributed by atoms with Crippen molar-refractivity contribution < 1.29 is 13.9 Å². The Balaban J connectivity index is 2.32. The lowest BCUT2D eigenvalue weighted by Crippen LogP contribution is -2.10. The molecule has 1 unspecified atom stereocenters. The minimum Gasteiger partial charge on any atom is -0.491 e. The summed E-state index contributed by atoms with van der Waals surface area (Å²) in [5, 5.41) is 0. The Hall–Kier alpha value is -1.38. The van der Waals surface area contributed by atoms with Crippen LogP contribution >= 0.6 is 0 Å². The monoisotopic (exact) mass is 336 g/mol. The Morgan fingerprint density at radius 1 is 1.12 bits per heavy atom. The van der Waals surface area contributed by atoms with Crippen molar-refractivity contribution in [2.45, 2.75) is 78.6 Å². The van der Waals surface area contributed by atoms with Crippen molar-refractivity contribution >= 4 is 5.78 Å². The standard InChI is InChI=1S/C21H33FO2/c1-4-6-16-24-20-15-10-13-18(21(20)22)12-8-7-9-14-19(23)17(3)11-5-2/h10,13,15,17H,4-9,11-12,14,16H2,1-3H3. The zero-order valence-corrected chi connectivity index (χ0v) is 15.6. The smallest absolute Gasteiger partial charge is 0.168 e. The van der Waals surface area contributed by atoms with Gasteiger partial charge >= 0.3 is 0 Å². The molecule has 0 saturated carbocycles. The summed E-state index contributed by atoms with van der Waals surface area (Å²) in [7, 11) is 0. The molecule has 24 heavy (non-hydrogen) atoms. The molecule has 0 radical (unpaired) electrons. The van der Waals surface area contributed by atoms with E-state index < -0.39 is 0 Å². The molecule has 0 fully saturated rings. The molecule has 136 valence electrons. The number of carbonyl (C=O) groups is 1. The zero-order valence-electron chi connectivity index (χ0n) is 15.6. The summed E-state index contributed by atoms with van der Waals surface area (Å²) in [5.41, 5.74) is 0.717. The van der Waals surface area contributed by atoms with E-state index in [2.05, 4.69) is 13.8 Å². The van der Waals surface area contributed by atoms with E-state index in [1.807, 2.05) is 19.1 Å². The lowest BCUT2D eigenvalue weighted by molar-refractivity contribution is -0.122. The van der Waals surface area contributed by atoms with Crippen LogP contribution in [0.4, 0.5) is 4.39 Å². The van der Waals surface area contributed by atoms with Crippen molar-refractivity contribution in [1.82, 2.24) is 0 Å². The van der Waals surface area contributed by atoms with Gasteiger partial charge in [-0.05, 0) is 43.7 Å². The van der Waals surface area contributed by atoms with Gasteiger partial charge < -0.3 is 4.74 Å². The Morgan fingerprint density at radius 3 is 2.62 bits per heavy atom. The molecule has 1 atom stereocenters. The number of aryl methyl sites for hydroxylation is 1. The highest BCUT2D eigenvalue weighted by molar-refractivity contribution is 5.80. The van der Waals surface area contributed by atoms with Crippen molar-refractivity contribution in [3.63, 3.8) is 0 Å². The first-order valence-corrected chi connectivity index (χ1v) is 9.53. The molecule has 0 bridgehead atoms. The van der Waals surface area contributed by atoms with Gasteiger partial charge in [0.05, 0.1) is 6.61 Å². The predicted molar refractivity (Wildman–Crippen MR) is 98.1 cm³/mol.